The van der Waals surface area contributed by atoms with E-state index in [1.165, 1.54) is 9.80 Å². The second kappa shape index (κ2) is 4.45. The zero-order chi connectivity index (χ0) is 12.4. The maximum Gasteiger partial charge on any atom is 0.326 e. The second-order valence-corrected chi connectivity index (χ2v) is 4.13. The Kier molecular flexibility index (Phi) is 2.99. The lowest BCUT2D eigenvalue weighted by atomic mass is 10.1. The number of urea groups is 1. The van der Waals surface area contributed by atoms with Crippen molar-refractivity contribution in [1.82, 2.24) is 9.80 Å². The molecule has 0 bridgehead atoms. The number of benzene rings is 1. The van der Waals surface area contributed by atoms with Crippen molar-refractivity contribution in [3.8, 4) is 0 Å². The van der Waals surface area contributed by atoms with Crippen LogP contribution in [0.15, 0.2) is 24.3 Å². The summed E-state index contributed by atoms with van der Waals surface area (Å²) in [4.78, 5) is 25.8. The first-order chi connectivity index (χ1) is 8.09. The van der Waals surface area contributed by atoms with Crippen molar-refractivity contribution < 1.29 is 9.59 Å². The summed E-state index contributed by atoms with van der Waals surface area (Å²) in [6.07, 6.45) is 0.595. The summed E-state index contributed by atoms with van der Waals surface area (Å²) in [7, 11) is 1.62. The summed E-state index contributed by atoms with van der Waals surface area (Å²) in [5.74, 6) is -0.146. The van der Waals surface area contributed by atoms with E-state index in [9.17, 15) is 9.59 Å². The lowest BCUT2D eigenvalue weighted by molar-refractivity contribution is -0.125. The number of carbonyl (C=O) groups excluding carboxylic acids is 2. The minimum Gasteiger partial charge on any atom is -0.399 e. The van der Waals surface area contributed by atoms with Crippen LogP contribution in [-0.2, 0) is 11.2 Å². The maximum atomic E-state index is 11.6. The van der Waals surface area contributed by atoms with Gasteiger partial charge < -0.3 is 10.6 Å². The molecule has 1 aromatic carbocycles. The van der Waals surface area contributed by atoms with Crippen LogP contribution in [0.4, 0.5) is 10.5 Å². The van der Waals surface area contributed by atoms with Crippen molar-refractivity contribution in [3.05, 3.63) is 29.8 Å². The molecule has 1 fully saturated rings. The number of hydrogen-bond acceptors (Lipinski definition) is 3. The molecule has 2 rings (SSSR count). The molecule has 17 heavy (non-hydrogen) atoms. The Hall–Kier alpha value is -2.04. The Morgan fingerprint density at radius 3 is 2.59 bits per heavy atom. The molecule has 0 atom stereocenters. The molecular weight excluding hydrogens is 218 g/mol. The molecule has 0 saturated carbocycles. The van der Waals surface area contributed by atoms with Crippen LogP contribution in [0, 0.1) is 0 Å². The number of imide groups is 1. The number of amides is 3. The zero-order valence-electron chi connectivity index (χ0n) is 9.72. The monoisotopic (exact) mass is 233 g/mol. The quantitative estimate of drug-likeness (QED) is 0.617. The summed E-state index contributed by atoms with van der Waals surface area (Å²) >= 11 is 0. The number of nitrogen functional groups attached to an aromatic ring is 1. The minimum absolute atomic E-state index is 0.146. The molecule has 1 aliphatic rings. The van der Waals surface area contributed by atoms with Gasteiger partial charge in [-0.1, -0.05) is 18.2 Å². The molecule has 3 amide bonds. The molecule has 2 N–H and O–H groups in total. The number of nitrogens with two attached hydrogens (primary N) is 1. The topological polar surface area (TPSA) is 66.6 Å². The van der Waals surface area contributed by atoms with E-state index < -0.39 is 0 Å². The first-order valence-electron chi connectivity index (χ1n) is 5.48. The van der Waals surface area contributed by atoms with Crippen molar-refractivity contribution >= 4 is 17.6 Å². The molecule has 5 nitrogen and oxygen atoms in total. The number of rotatable bonds is 3. The van der Waals surface area contributed by atoms with Gasteiger partial charge in [0.05, 0.1) is 0 Å². The Labute approximate surface area is 99.8 Å². The first kappa shape index (κ1) is 11.4. The summed E-state index contributed by atoms with van der Waals surface area (Å²) in [5, 5.41) is 0. The van der Waals surface area contributed by atoms with Gasteiger partial charge in [-0.05, 0) is 18.1 Å². The lowest BCUT2D eigenvalue weighted by Crippen LogP contribution is -2.33. The highest BCUT2D eigenvalue weighted by molar-refractivity contribution is 6.01. The van der Waals surface area contributed by atoms with Crippen LogP contribution in [0.5, 0.6) is 0 Å². The van der Waals surface area contributed by atoms with Gasteiger partial charge in [-0.3, -0.25) is 9.69 Å². The summed E-state index contributed by atoms with van der Waals surface area (Å²) in [6.45, 7) is 0.555. The minimum atomic E-state index is -0.232. The van der Waals surface area contributed by atoms with E-state index in [-0.39, 0.29) is 18.5 Å². The molecule has 0 radical (unpaired) electrons. The molecule has 0 unspecified atom stereocenters. The fourth-order valence-corrected chi connectivity index (χ4v) is 1.88. The maximum absolute atomic E-state index is 11.6. The molecule has 0 aromatic heterocycles. The third-order valence-electron chi connectivity index (χ3n) is 2.89. The number of carbonyl (C=O) groups is 2. The van der Waals surface area contributed by atoms with Gasteiger partial charge in [0.1, 0.15) is 6.54 Å². The van der Waals surface area contributed by atoms with Gasteiger partial charge in [0.2, 0.25) is 5.91 Å². The van der Waals surface area contributed by atoms with Crippen LogP contribution in [0.25, 0.3) is 0 Å². The third-order valence-corrected chi connectivity index (χ3v) is 2.89. The second-order valence-electron chi connectivity index (χ2n) is 4.13. The van der Waals surface area contributed by atoms with E-state index in [0.717, 1.165) is 5.56 Å². The van der Waals surface area contributed by atoms with E-state index in [1.54, 1.807) is 7.05 Å². The lowest BCUT2D eigenvalue weighted by Gasteiger charge is -2.14. The van der Waals surface area contributed by atoms with Crippen molar-refractivity contribution in [2.75, 3.05) is 25.9 Å². The van der Waals surface area contributed by atoms with E-state index in [1.807, 2.05) is 24.3 Å². The fraction of sp³-hybridized carbons (Fsp3) is 0.333. The molecule has 1 aliphatic heterocycles. The van der Waals surface area contributed by atoms with Gasteiger partial charge in [-0.15, -0.1) is 0 Å². The molecule has 90 valence electrons. The van der Waals surface area contributed by atoms with Crippen LogP contribution in [-0.4, -0.2) is 41.9 Å². The highest BCUT2D eigenvalue weighted by Crippen LogP contribution is 2.14. The van der Waals surface area contributed by atoms with Gasteiger partial charge in [0.25, 0.3) is 0 Å². The SMILES string of the molecule is CN1CC(=O)N(CCc2ccccc2N)C1=O. The van der Waals surface area contributed by atoms with Crippen LogP contribution < -0.4 is 5.73 Å². The van der Waals surface area contributed by atoms with Crippen molar-refractivity contribution in [2.24, 2.45) is 0 Å². The molecule has 0 spiro atoms. The molecule has 0 aliphatic carbocycles. The van der Waals surface area contributed by atoms with Crippen molar-refractivity contribution in [2.45, 2.75) is 6.42 Å². The average molecular weight is 233 g/mol. The molecular formula is C12H15N3O2. The van der Waals surface area contributed by atoms with Crippen LogP contribution in [0.3, 0.4) is 0 Å². The molecule has 1 saturated heterocycles. The van der Waals surface area contributed by atoms with Crippen LogP contribution in [0.1, 0.15) is 5.56 Å². The number of likely N-dealkylation sites (N-methyl/N-ethyl adjacent to an activating group) is 1. The van der Waals surface area contributed by atoms with Gasteiger partial charge in [0, 0.05) is 19.3 Å². The predicted octanol–water partition coefficient (Wildman–Crippen LogP) is 0.705. The van der Waals surface area contributed by atoms with Gasteiger partial charge >= 0.3 is 6.03 Å². The number of anilines is 1. The Morgan fingerprint density at radius 1 is 1.29 bits per heavy atom. The van der Waals surface area contributed by atoms with Crippen molar-refractivity contribution in [1.29, 1.82) is 0 Å². The summed E-state index contributed by atoms with van der Waals surface area (Å²) in [6, 6.07) is 7.24. The smallest absolute Gasteiger partial charge is 0.326 e. The standard InChI is InChI=1S/C12H15N3O2/c1-14-8-11(16)15(12(14)17)7-6-9-4-2-3-5-10(9)13/h2-5H,6-8,13H2,1H3. The summed E-state index contributed by atoms with van der Waals surface area (Å²) < 4.78 is 0. The molecule has 1 aromatic rings. The van der Waals surface area contributed by atoms with E-state index >= 15 is 0 Å². The normalized spacial score (nSPS) is 15.8. The molecule has 1 heterocycles. The molecule has 5 heteroatoms. The van der Waals surface area contributed by atoms with Gasteiger partial charge in [-0.25, -0.2) is 4.79 Å². The summed E-state index contributed by atoms with van der Waals surface area (Å²) in [5.41, 5.74) is 7.46. The van der Waals surface area contributed by atoms with Gasteiger partial charge in [0.15, 0.2) is 0 Å². The van der Waals surface area contributed by atoms with E-state index in [2.05, 4.69) is 0 Å². The average Bonchev–Trinajstić information content (AvgIpc) is 2.53. The predicted molar refractivity (Wildman–Crippen MR) is 64.3 cm³/mol. The largest absolute Gasteiger partial charge is 0.399 e. The van der Waals surface area contributed by atoms with Crippen molar-refractivity contribution in [3.63, 3.8) is 0 Å². The number of nitrogens with zero attached hydrogens (tertiary/aromatic N) is 2. The van der Waals surface area contributed by atoms with E-state index in [4.69, 9.17) is 5.73 Å². The zero-order valence-corrected chi connectivity index (χ0v) is 9.72. The highest BCUT2D eigenvalue weighted by Gasteiger charge is 2.32. The Morgan fingerprint density at radius 2 is 2.00 bits per heavy atom. The Bertz CT molecular complexity index is 459. The third kappa shape index (κ3) is 2.22. The van der Waals surface area contributed by atoms with E-state index in [0.29, 0.717) is 18.7 Å². The van der Waals surface area contributed by atoms with Crippen LogP contribution in [0.2, 0.25) is 0 Å². The first-order valence-corrected chi connectivity index (χ1v) is 5.48. The van der Waals surface area contributed by atoms with Gasteiger partial charge in [-0.2, -0.15) is 0 Å². The number of para-hydroxylation sites is 1. The fourth-order valence-electron chi connectivity index (χ4n) is 1.88. The Balaban J connectivity index is 2.02. The highest BCUT2D eigenvalue weighted by atomic mass is 16.2. The number of hydrogen-bond donors (Lipinski definition) is 1. The van der Waals surface area contributed by atoms with Crippen LogP contribution >= 0.6 is 0 Å².